The lowest BCUT2D eigenvalue weighted by atomic mass is 10.0. The maximum Gasteiger partial charge on any atom is 0.344 e. The highest BCUT2D eigenvalue weighted by Crippen LogP contribution is 2.73. The van der Waals surface area contributed by atoms with Gasteiger partial charge in [0.15, 0.2) is 4.90 Å². The highest BCUT2D eigenvalue weighted by molar-refractivity contribution is 7.72. The number of hydrogen-bond acceptors (Lipinski definition) is 2. The van der Waals surface area contributed by atoms with E-state index in [-0.39, 0.29) is 12.8 Å². The number of aryl methyl sites for hydroxylation is 2. The lowest BCUT2D eigenvalue weighted by Gasteiger charge is -2.30. The van der Waals surface area contributed by atoms with E-state index in [2.05, 4.69) is 0 Å². The molecule has 0 atom stereocenters. The number of hydrogen-bond donors (Lipinski definition) is 4. The average Bonchev–Trinajstić information content (AvgIpc) is 2.56. The highest BCUT2D eigenvalue weighted by atomic mass is 31.2. The minimum Gasteiger partial charge on any atom is -0.324 e. The van der Waals surface area contributed by atoms with Gasteiger partial charge in [-0.1, -0.05) is 12.1 Å². The van der Waals surface area contributed by atoms with Gasteiger partial charge in [-0.3, -0.25) is 9.13 Å². The summed E-state index contributed by atoms with van der Waals surface area (Å²) >= 11 is 0. The fraction of sp³-hybridized carbons (Fsp3) is 0.455. The maximum atomic E-state index is 11.6. The Morgan fingerprint density at radius 3 is 1.47 bits per heavy atom. The van der Waals surface area contributed by atoms with Crippen LogP contribution in [0.2, 0.25) is 0 Å². The van der Waals surface area contributed by atoms with E-state index in [0.717, 1.165) is 11.1 Å². The Hall–Kier alpha value is -0.480. The van der Waals surface area contributed by atoms with Gasteiger partial charge < -0.3 is 19.6 Å². The van der Waals surface area contributed by atoms with E-state index in [4.69, 9.17) is 0 Å². The van der Waals surface area contributed by atoms with Gasteiger partial charge in [0.2, 0.25) is 0 Å². The molecule has 1 aliphatic carbocycles. The largest absolute Gasteiger partial charge is 0.344 e. The van der Waals surface area contributed by atoms with Crippen LogP contribution in [-0.2, 0) is 22.0 Å². The average molecular weight is 306 g/mol. The summed E-state index contributed by atoms with van der Waals surface area (Å²) < 4.78 is 23.3. The second kappa shape index (κ2) is 4.26. The molecule has 0 saturated carbocycles. The van der Waals surface area contributed by atoms with Crippen molar-refractivity contribution < 1.29 is 28.7 Å². The monoisotopic (exact) mass is 306 g/mol. The van der Waals surface area contributed by atoms with Gasteiger partial charge in [-0.25, -0.2) is 0 Å². The second-order valence-corrected chi connectivity index (χ2v) is 9.37. The predicted octanol–water partition coefficient (Wildman–Crippen LogP) is 1.45. The van der Waals surface area contributed by atoms with Gasteiger partial charge >= 0.3 is 15.2 Å². The summed E-state index contributed by atoms with van der Waals surface area (Å²) in [5.74, 6) is 0. The summed E-state index contributed by atoms with van der Waals surface area (Å²) in [5.41, 5.74) is 3.08. The summed E-state index contributed by atoms with van der Waals surface area (Å²) in [6.07, 6.45) is -0.587. The number of benzene rings is 1. The van der Waals surface area contributed by atoms with Crippen LogP contribution in [0.4, 0.5) is 0 Å². The van der Waals surface area contributed by atoms with Crippen LogP contribution in [0.15, 0.2) is 12.1 Å². The van der Waals surface area contributed by atoms with Crippen molar-refractivity contribution in [3.63, 3.8) is 0 Å². The van der Waals surface area contributed by atoms with Crippen LogP contribution in [0.5, 0.6) is 0 Å². The highest BCUT2D eigenvalue weighted by Gasteiger charge is 2.62. The van der Waals surface area contributed by atoms with Crippen LogP contribution in [0.25, 0.3) is 0 Å². The molecule has 8 heteroatoms. The fourth-order valence-electron chi connectivity index (χ4n) is 2.52. The molecule has 19 heavy (non-hydrogen) atoms. The maximum absolute atomic E-state index is 11.6. The first-order valence-electron chi connectivity index (χ1n) is 5.68. The fourth-order valence-corrected chi connectivity index (χ4v) is 5.38. The van der Waals surface area contributed by atoms with E-state index in [9.17, 15) is 28.7 Å². The second-order valence-electron chi connectivity index (χ2n) is 5.13. The number of rotatable bonds is 2. The molecule has 0 spiro atoms. The van der Waals surface area contributed by atoms with Gasteiger partial charge in [0.05, 0.1) is 0 Å². The Morgan fingerprint density at radius 1 is 0.895 bits per heavy atom. The summed E-state index contributed by atoms with van der Waals surface area (Å²) in [6.45, 7) is 3.70. The van der Waals surface area contributed by atoms with Crippen molar-refractivity contribution in [1.82, 2.24) is 0 Å². The van der Waals surface area contributed by atoms with E-state index >= 15 is 0 Å². The molecule has 4 N–H and O–H groups in total. The van der Waals surface area contributed by atoms with Gasteiger partial charge in [-0.05, 0) is 36.1 Å². The number of fused-ring (bicyclic) bond motifs is 1. The Kier molecular flexibility index (Phi) is 3.34. The molecule has 6 nitrogen and oxygen atoms in total. The van der Waals surface area contributed by atoms with E-state index < -0.39 is 20.1 Å². The third-order valence-corrected chi connectivity index (χ3v) is 8.21. The van der Waals surface area contributed by atoms with Crippen LogP contribution < -0.4 is 0 Å². The van der Waals surface area contributed by atoms with Gasteiger partial charge in [0.1, 0.15) is 0 Å². The van der Waals surface area contributed by atoms with Gasteiger partial charge in [0.25, 0.3) is 0 Å². The quantitative estimate of drug-likeness (QED) is 0.615. The van der Waals surface area contributed by atoms with Crippen LogP contribution in [-0.4, -0.2) is 24.5 Å². The van der Waals surface area contributed by atoms with E-state index in [1.54, 1.807) is 12.1 Å². The zero-order chi connectivity index (χ0) is 14.6. The molecule has 0 heterocycles. The Bertz CT molecular complexity index is 571. The predicted molar refractivity (Wildman–Crippen MR) is 70.1 cm³/mol. The third-order valence-electron chi connectivity index (χ3n) is 3.85. The van der Waals surface area contributed by atoms with Crippen LogP contribution >= 0.6 is 15.2 Å². The van der Waals surface area contributed by atoms with Crippen molar-refractivity contribution in [1.29, 1.82) is 0 Å². The molecule has 1 aromatic carbocycles. The standard InChI is InChI=1S/C11H16O6P2/c1-7-3-9-5-11(18(12,13)14,19(15,16)17)6-10(9)4-8(7)2/h3-4H,5-6H2,1-2H3,(H2,12,13,14)(H2,15,16,17). The molecular formula is C11H16O6P2. The van der Waals surface area contributed by atoms with Crippen molar-refractivity contribution in [2.24, 2.45) is 0 Å². The SMILES string of the molecule is Cc1cc2c(cc1C)CC(P(=O)(O)O)(P(=O)(O)O)C2. The molecule has 0 saturated heterocycles. The molecule has 0 amide bonds. The first-order chi connectivity index (χ1) is 8.48. The third kappa shape index (κ3) is 2.23. The van der Waals surface area contributed by atoms with E-state index in [1.165, 1.54) is 0 Å². The topological polar surface area (TPSA) is 115 Å². The smallest absolute Gasteiger partial charge is 0.324 e. The van der Waals surface area contributed by atoms with Crippen molar-refractivity contribution in [2.45, 2.75) is 31.6 Å². The molecule has 106 valence electrons. The molecule has 0 aromatic heterocycles. The minimum absolute atomic E-state index is 0.294. The lowest BCUT2D eigenvalue weighted by molar-refractivity contribution is 0.309. The van der Waals surface area contributed by atoms with Crippen molar-refractivity contribution in [3.8, 4) is 0 Å². The van der Waals surface area contributed by atoms with Gasteiger partial charge in [-0.2, -0.15) is 0 Å². The molecule has 1 aromatic rings. The zero-order valence-electron chi connectivity index (χ0n) is 10.6. The molecule has 2 rings (SSSR count). The summed E-state index contributed by atoms with van der Waals surface area (Å²) in [4.78, 5) is 35.4. The molecule has 0 aliphatic heterocycles. The van der Waals surface area contributed by atoms with E-state index in [1.807, 2.05) is 13.8 Å². The summed E-state index contributed by atoms with van der Waals surface area (Å²) in [6, 6.07) is 3.50. The summed E-state index contributed by atoms with van der Waals surface area (Å²) in [7, 11) is -9.88. The molecular weight excluding hydrogens is 290 g/mol. The first-order valence-corrected chi connectivity index (χ1v) is 8.91. The Labute approximate surface area is 110 Å². The van der Waals surface area contributed by atoms with E-state index in [0.29, 0.717) is 11.1 Å². The Morgan fingerprint density at radius 2 is 1.21 bits per heavy atom. The van der Waals surface area contributed by atoms with Crippen LogP contribution in [0, 0.1) is 13.8 Å². The van der Waals surface area contributed by atoms with Crippen molar-refractivity contribution in [3.05, 3.63) is 34.4 Å². The molecule has 0 fully saturated rings. The molecule has 0 unspecified atom stereocenters. The summed E-state index contributed by atoms with van der Waals surface area (Å²) in [5, 5.41) is 0. The van der Waals surface area contributed by atoms with Crippen LogP contribution in [0.1, 0.15) is 22.3 Å². The van der Waals surface area contributed by atoms with Crippen molar-refractivity contribution >= 4 is 15.2 Å². The molecule has 0 bridgehead atoms. The molecule has 1 aliphatic rings. The first kappa shape index (κ1) is 14.9. The minimum atomic E-state index is -4.94. The molecule has 0 radical (unpaired) electrons. The van der Waals surface area contributed by atoms with Gasteiger partial charge in [-0.15, -0.1) is 0 Å². The normalized spacial score (nSPS) is 18.4. The lowest BCUT2D eigenvalue weighted by Crippen LogP contribution is -2.29. The van der Waals surface area contributed by atoms with Crippen LogP contribution in [0.3, 0.4) is 0 Å². The van der Waals surface area contributed by atoms with Gasteiger partial charge in [0, 0.05) is 12.8 Å². The Balaban J connectivity index is 2.62. The zero-order valence-corrected chi connectivity index (χ0v) is 12.4. The van der Waals surface area contributed by atoms with Crippen molar-refractivity contribution in [2.75, 3.05) is 0 Å².